The molecule has 22 heavy (non-hydrogen) atoms. The van der Waals surface area contributed by atoms with E-state index in [2.05, 4.69) is 25.5 Å². The van der Waals surface area contributed by atoms with Gasteiger partial charge in [0.25, 0.3) is 0 Å². The Hall–Kier alpha value is -1.80. The Labute approximate surface area is 128 Å². The van der Waals surface area contributed by atoms with Crippen LogP contribution in [-0.4, -0.2) is 52.6 Å². The molecule has 2 aromatic rings. The number of rotatable bonds is 5. The Morgan fingerprint density at radius 2 is 2.14 bits per heavy atom. The number of hydrogen-bond acceptors (Lipinski definition) is 6. The molecule has 4 rings (SSSR count). The summed E-state index contributed by atoms with van der Waals surface area (Å²) in [4.78, 5) is 2.32. The maximum Gasteiger partial charge on any atom is 0.168 e. The zero-order valence-corrected chi connectivity index (χ0v) is 12.7. The van der Waals surface area contributed by atoms with Crippen LogP contribution >= 0.6 is 0 Å². The summed E-state index contributed by atoms with van der Waals surface area (Å²) >= 11 is 0. The zero-order valence-electron chi connectivity index (χ0n) is 12.7. The summed E-state index contributed by atoms with van der Waals surface area (Å²) in [6.45, 7) is 0.934. The molecule has 1 N–H and O–H groups in total. The fraction of sp³-hybridized carbons (Fsp3) is 0.714. The van der Waals surface area contributed by atoms with Crippen LogP contribution in [0.3, 0.4) is 0 Å². The number of likely N-dealkylation sites (tertiary alicyclic amines) is 1. The molecule has 2 aromatic heterocycles. The lowest BCUT2D eigenvalue weighted by Gasteiger charge is -2.28. The van der Waals surface area contributed by atoms with Gasteiger partial charge in [-0.15, -0.1) is 5.10 Å². The standard InChI is InChI=1S/C14H21N7O/c1-19-7-10(6-15-19)8-20-12(9-22)4-5-13(20)14-16-17-18-21(14)11-2-3-11/h6-7,11-13,22H,2-5,8-9H2,1H3/t12-,13-/m0/s1. The van der Waals surface area contributed by atoms with Gasteiger partial charge in [-0.1, -0.05) is 0 Å². The Morgan fingerprint density at radius 1 is 1.27 bits per heavy atom. The van der Waals surface area contributed by atoms with Crippen molar-refractivity contribution >= 4 is 0 Å². The second kappa shape index (κ2) is 5.44. The minimum atomic E-state index is 0.162. The minimum Gasteiger partial charge on any atom is -0.395 e. The van der Waals surface area contributed by atoms with Crippen molar-refractivity contribution in [2.24, 2.45) is 7.05 Å². The molecule has 118 valence electrons. The number of nitrogens with zero attached hydrogens (tertiary/aromatic N) is 7. The summed E-state index contributed by atoms with van der Waals surface area (Å²) in [6, 6.07) is 0.806. The largest absolute Gasteiger partial charge is 0.395 e. The highest BCUT2D eigenvalue weighted by Crippen LogP contribution is 2.40. The monoisotopic (exact) mass is 303 g/mol. The molecule has 1 aliphatic heterocycles. The average Bonchev–Trinajstić information content (AvgIpc) is 2.94. The van der Waals surface area contributed by atoms with Crippen LogP contribution in [-0.2, 0) is 13.6 Å². The fourth-order valence-electron chi connectivity index (χ4n) is 3.41. The van der Waals surface area contributed by atoms with E-state index >= 15 is 0 Å². The topological polar surface area (TPSA) is 84.9 Å². The van der Waals surface area contributed by atoms with Crippen LogP contribution in [0.1, 0.15) is 49.2 Å². The highest BCUT2D eigenvalue weighted by Gasteiger charge is 2.39. The summed E-state index contributed by atoms with van der Waals surface area (Å²) in [5.74, 6) is 0.947. The quantitative estimate of drug-likeness (QED) is 0.863. The maximum atomic E-state index is 9.70. The van der Waals surface area contributed by atoms with Gasteiger partial charge in [0.1, 0.15) is 0 Å². The molecule has 1 saturated carbocycles. The van der Waals surface area contributed by atoms with Crippen molar-refractivity contribution in [3.8, 4) is 0 Å². The van der Waals surface area contributed by atoms with E-state index in [1.807, 2.05) is 28.8 Å². The first-order valence-corrected chi connectivity index (χ1v) is 7.88. The predicted molar refractivity (Wildman–Crippen MR) is 77.7 cm³/mol. The third kappa shape index (κ3) is 2.42. The first-order valence-electron chi connectivity index (χ1n) is 7.88. The van der Waals surface area contributed by atoms with Gasteiger partial charge >= 0.3 is 0 Å². The van der Waals surface area contributed by atoms with Gasteiger partial charge in [-0.25, -0.2) is 4.68 Å². The molecule has 0 radical (unpaired) electrons. The molecule has 2 aliphatic rings. The lowest BCUT2D eigenvalue weighted by molar-refractivity contribution is 0.117. The fourth-order valence-corrected chi connectivity index (χ4v) is 3.41. The third-order valence-electron chi connectivity index (χ3n) is 4.69. The zero-order chi connectivity index (χ0) is 15.1. The van der Waals surface area contributed by atoms with Crippen molar-refractivity contribution in [1.29, 1.82) is 0 Å². The Bertz CT molecular complexity index is 647. The van der Waals surface area contributed by atoms with E-state index in [-0.39, 0.29) is 18.7 Å². The number of aliphatic hydroxyl groups is 1. The van der Waals surface area contributed by atoms with Crippen molar-refractivity contribution in [3.05, 3.63) is 23.8 Å². The van der Waals surface area contributed by atoms with Gasteiger partial charge in [-0.05, 0) is 36.1 Å². The SMILES string of the molecule is Cn1cc(CN2[C@H](CO)CC[C@H]2c2nnnn2C2CC2)cn1. The molecule has 0 spiro atoms. The van der Waals surface area contributed by atoms with E-state index in [0.29, 0.717) is 6.04 Å². The molecular weight excluding hydrogens is 282 g/mol. The molecule has 2 fully saturated rings. The minimum absolute atomic E-state index is 0.162. The molecule has 0 unspecified atom stereocenters. The second-order valence-electron chi connectivity index (χ2n) is 6.34. The number of aliphatic hydroxyl groups excluding tert-OH is 1. The normalized spacial score (nSPS) is 25.9. The van der Waals surface area contributed by atoms with Crippen LogP contribution in [0.15, 0.2) is 12.4 Å². The van der Waals surface area contributed by atoms with Crippen molar-refractivity contribution in [2.75, 3.05) is 6.61 Å². The van der Waals surface area contributed by atoms with Crippen molar-refractivity contribution < 1.29 is 5.11 Å². The summed E-state index contributed by atoms with van der Waals surface area (Å²) < 4.78 is 3.79. The summed E-state index contributed by atoms with van der Waals surface area (Å²) in [6.07, 6.45) is 8.19. The van der Waals surface area contributed by atoms with Crippen LogP contribution in [0.2, 0.25) is 0 Å². The Kier molecular flexibility index (Phi) is 3.42. The molecule has 2 atom stereocenters. The van der Waals surface area contributed by atoms with Crippen LogP contribution < -0.4 is 0 Å². The number of tetrazole rings is 1. The van der Waals surface area contributed by atoms with E-state index in [1.54, 1.807) is 0 Å². The lowest BCUT2D eigenvalue weighted by atomic mass is 10.2. The van der Waals surface area contributed by atoms with Gasteiger partial charge in [-0.2, -0.15) is 5.10 Å². The van der Waals surface area contributed by atoms with Crippen LogP contribution in [0.25, 0.3) is 0 Å². The highest BCUT2D eigenvalue weighted by atomic mass is 16.3. The van der Waals surface area contributed by atoms with E-state index in [4.69, 9.17) is 0 Å². The summed E-state index contributed by atoms with van der Waals surface area (Å²) in [5, 5.41) is 26.3. The van der Waals surface area contributed by atoms with Gasteiger partial charge < -0.3 is 5.11 Å². The summed E-state index contributed by atoms with van der Waals surface area (Å²) in [5.41, 5.74) is 1.15. The van der Waals surface area contributed by atoms with Gasteiger partial charge in [0.2, 0.25) is 0 Å². The van der Waals surface area contributed by atoms with E-state index in [0.717, 1.165) is 43.6 Å². The average molecular weight is 303 g/mol. The Morgan fingerprint density at radius 3 is 2.82 bits per heavy atom. The van der Waals surface area contributed by atoms with Crippen LogP contribution in [0, 0.1) is 0 Å². The van der Waals surface area contributed by atoms with Crippen LogP contribution in [0.5, 0.6) is 0 Å². The number of hydrogen-bond donors (Lipinski definition) is 1. The van der Waals surface area contributed by atoms with Crippen molar-refractivity contribution in [2.45, 2.75) is 50.4 Å². The predicted octanol–water partition coefficient (Wildman–Crippen LogP) is 0.439. The Balaban J connectivity index is 1.60. The van der Waals surface area contributed by atoms with Gasteiger partial charge in [0.05, 0.1) is 24.9 Å². The van der Waals surface area contributed by atoms with Gasteiger partial charge in [0, 0.05) is 31.4 Å². The number of aryl methyl sites for hydroxylation is 1. The van der Waals surface area contributed by atoms with Gasteiger partial charge in [-0.3, -0.25) is 9.58 Å². The summed E-state index contributed by atoms with van der Waals surface area (Å²) in [7, 11) is 1.92. The third-order valence-corrected chi connectivity index (χ3v) is 4.69. The molecule has 1 aliphatic carbocycles. The molecule has 3 heterocycles. The number of aromatic nitrogens is 6. The first-order chi connectivity index (χ1) is 10.8. The highest BCUT2D eigenvalue weighted by molar-refractivity contribution is 5.09. The van der Waals surface area contributed by atoms with Gasteiger partial charge in [0.15, 0.2) is 5.82 Å². The molecule has 8 nitrogen and oxygen atoms in total. The molecule has 0 bridgehead atoms. The molecule has 0 amide bonds. The molecule has 8 heteroatoms. The second-order valence-corrected chi connectivity index (χ2v) is 6.34. The van der Waals surface area contributed by atoms with Crippen molar-refractivity contribution in [1.82, 2.24) is 34.9 Å². The van der Waals surface area contributed by atoms with E-state index < -0.39 is 0 Å². The van der Waals surface area contributed by atoms with Crippen LogP contribution in [0.4, 0.5) is 0 Å². The van der Waals surface area contributed by atoms with E-state index in [1.165, 1.54) is 0 Å². The molecule has 0 aromatic carbocycles. The molecule has 1 saturated heterocycles. The van der Waals surface area contributed by atoms with E-state index in [9.17, 15) is 5.11 Å². The maximum absolute atomic E-state index is 9.70. The van der Waals surface area contributed by atoms with Crippen molar-refractivity contribution in [3.63, 3.8) is 0 Å². The lowest BCUT2D eigenvalue weighted by Crippen LogP contribution is -2.34. The molecular formula is C14H21N7O. The first kappa shape index (κ1) is 13.8. The smallest absolute Gasteiger partial charge is 0.168 e.